The first-order chi connectivity index (χ1) is 10.0. The predicted octanol–water partition coefficient (Wildman–Crippen LogP) is 3.23. The molecule has 0 amide bonds. The van der Waals surface area contributed by atoms with E-state index in [0.717, 1.165) is 11.3 Å². The molecule has 0 radical (unpaired) electrons. The molecule has 0 bridgehead atoms. The highest BCUT2D eigenvalue weighted by Gasteiger charge is 2.16. The third-order valence-electron chi connectivity index (χ3n) is 3.29. The number of carbonyl (C=O) groups excluding carboxylic acids is 1. The molecule has 2 aromatic rings. The van der Waals surface area contributed by atoms with E-state index in [4.69, 9.17) is 4.74 Å². The van der Waals surface area contributed by atoms with E-state index >= 15 is 0 Å². The maximum atomic E-state index is 12.2. The van der Waals surface area contributed by atoms with Crippen molar-refractivity contribution in [3.8, 4) is 17.2 Å². The summed E-state index contributed by atoms with van der Waals surface area (Å²) in [5.74, 6) is 0.0973. The van der Waals surface area contributed by atoms with Crippen LogP contribution in [0.1, 0.15) is 27.9 Å². The van der Waals surface area contributed by atoms with Crippen LogP contribution in [0.5, 0.6) is 17.2 Å². The van der Waals surface area contributed by atoms with Crippen LogP contribution in [0.2, 0.25) is 0 Å². The van der Waals surface area contributed by atoms with Gasteiger partial charge in [0.1, 0.15) is 22.8 Å². The standard InChI is InChI=1S/C17H18O4/c1-11-8-15(19)17(16(20)9-11)14(18)7-6-12-4-3-5-13(10-12)21-2/h3-5,8-10,19-20H,6-7H2,1-2H3. The minimum Gasteiger partial charge on any atom is -0.507 e. The number of carbonyl (C=O) groups is 1. The third kappa shape index (κ3) is 3.54. The number of rotatable bonds is 5. The molecular formula is C17H18O4. The van der Waals surface area contributed by atoms with E-state index in [1.807, 2.05) is 24.3 Å². The molecule has 4 heteroatoms. The number of methoxy groups -OCH3 is 1. The van der Waals surface area contributed by atoms with Gasteiger partial charge in [-0.1, -0.05) is 12.1 Å². The molecule has 0 unspecified atom stereocenters. The molecule has 4 nitrogen and oxygen atoms in total. The van der Waals surface area contributed by atoms with Gasteiger partial charge in [-0.15, -0.1) is 0 Å². The van der Waals surface area contributed by atoms with E-state index in [1.165, 1.54) is 12.1 Å². The minimum absolute atomic E-state index is 0.0107. The van der Waals surface area contributed by atoms with Crippen LogP contribution in [0.4, 0.5) is 0 Å². The van der Waals surface area contributed by atoms with Gasteiger partial charge in [-0.25, -0.2) is 0 Å². The van der Waals surface area contributed by atoms with E-state index in [9.17, 15) is 15.0 Å². The molecule has 2 rings (SSSR count). The monoisotopic (exact) mass is 286 g/mol. The van der Waals surface area contributed by atoms with Gasteiger partial charge in [0.05, 0.1) is 7.11 Å². The highest BCUT2D eigenvalue weighted by atomic mass is 16.5. The predicted molar refractivity (Wildman–Crippen MR) is 80.2 cm³/mol. The summed E-state index contributed by atoms with van der Waals surface area (Å²) in [7, 11) is 1.59. The zero-order valence-corrected chi connectivity index (χ0v) is 12.1. The fourth-order valence-corrected chi connectivity index (χ4v) is 2.25. The van der Waals surface area contributed by atoms with E-state index in [0.29, 0.717) is 12.0 Å². The first-order valence-electron chi connectivity index (χ1n) is 6.70. The highest BCUT2D eigenvalue weighted by molar-refractivity contribution is 6.01. The molecule has 0 saturated carbocycles. The molecule has 0 fully saturated rings. The second kappa shape index (κ2) is 6.31. The maximum Gasteiger partial charge on any atom is 0.170 e. The molecule has 0 atom stereocenters. The van der Waals surface area contributed by atoms with Crippen molar-refractivity contribution in [1.29, 1.82) is 0 Å². The largest absolute Gasteiger partial charge is 0.507 e. The van der Waals surface area contributed by atoms with Gasteiger partial charge in [-0.05, 0) is 48.7 Å². The average molecular weight is 286 g/mol. The summed E-state index contributed by atoms with van der Waals surface area (Å²) >= 11 is 0. The Morgan fingerprint density at radius 2 is 1.81 bits per heavy atom. The van der Waals surface area contributed by atoms with Crippen molar-refractivity contribution in [3.05, 3.63) is 53.1 Å². The molecule has 0 aliphatic heterocycles. The van der Waals surface area contributed by atoms with Crippen LogP contribution in [0.15, 0.2) is 36.4 Å². The van der Waals surface area contributed by atoms with Crippen molar-refractivity contribution in [2.24, 2.45) is 0 Å². The van der Waals surface area contributed by atoms with Crippen LogP contribution in [0, 0.1) is 6.92 Å². The topological polar surface area (TPSA) is 66.8 Å². The second-order valence-corrected chi connectivity index (χ2v) is 4.95. The molecular weight excluding hydrogens is 268 g/mol. The van der Waals surface area contributed by atoms with Crippen molar-refractivity contribution in [2.45, 2.75) is 19.8 Å². The molecule has 0 aromatic heterocycles. The molecule has 0 aliphatic rings. The van der Waals surface area contributed by atoms with Crippen molar-refractivity contribution in [3.63, 3.8) is 0 Å². The number of ketones is 1. The van der Waals surface area contributed by atoms with Gasteiger partial charge >= 0.3 is 0 Å². The molecule has 2 aromatic carbocycles. The molecule has 21 heavy (non-hydrogen) atoms. The number of hydrogen-bond donors (Lipinski definition) is 2. The lowest BCUT2D eigenvalue weighted by Gasteiger charge is -2.08. The van der Waals surface area contributed by atoms with Crippen LogP contribution in [0.25, 0.3) is 0 Å². The molecule has 0 spiro atoms. The Kier molecular flexibility index (Phi) is 4.48. The zero-order valence-electron chi connectivity index (χ0n) is 12.1. The number of hydrogen-bond acceptors (Lipinski definition) is 4. The van der Waals surface area contributed by atoms with Crippen LogP contribution in [-0.2, 0) is 6.42 Å². The highest BCUT2D eigenvalue weighted by Crippen LogP contribution is 2.30. The zero-order chi connectivity index (χ0) is 15.4. The van der Waals surface area contributed by atoms with Crippen LogP contribution < -0.4 is 4.74 Å². The van der Waals surface area contributed by atoms with Crippen molar-refractivity contribution >= 4 is 5.78 Å². The van der Waals surface area contributed by atoms with Gasteiger partial charge in [0.2, 0.25) is 0 Å². The van der Waals surface area contributed by atoms with Crippen LogP contribution in [-0.4, -0.2) is 23.1 Å². The summed E-state index contributed by atoms with van der Waals surface area (Å²) < 4.78 is 5.13. The number of aromatic hydroxyl groups is 2. The summed E-state index contributed by atoms with van der Waals surface area (Å²) in [6.45, 7) is 1.74. The first kappa shape index (κ1) is 14.9. The normalized spacial score (nSPS) is 10.4. The molecule has 2 N–H and O–H groups in total. The van der Waals surface area contributed by atoms with Crippen molar-refractivity contribution in [2.75, 3.05) is 7.11 Å². The number of phenols is 2. The number of benzene rings is 2. The van der Waals surface area contributed by atoms with E-state index in [2.05, 4.69) is 0 Å². The second-order valence-electron chi connectivity index (χ2n) is 4.95. The summed E-state index contributed by atoms with van der Waals surface area (Å²) in [6, 6.07) is 10.4. The number of aryl methyl sites for hydroxylation is 2. The molecule has 110 valence electrons. The number of phenolic OH excluding ortho intramolecular Hbond substituents is 2. The molecule has 0 aliphatic carbocycles. The smallest absolute Gasteiger partial charge is 0.170 e. The van der Waals surface area contributed by atoms with Crippen LogP contribution in [0.3, 0.4) is 0 Å². The van der Waals surface area contributed by atoms with Gasteiger partial charge < -0.3 is 14.9 Å². The molecule has 0 heterocycles. The lowest BCUT2D eigenvalue weighted by atomic mass is 10.00. The Labute approximate surface area is 123 Å². The van der Waals surface area contributed by atoms with Crippen LogP contribution >= 0.6 is 0 Å². The Balaban J connectivity index is 2.12. The third-order valence-corrected chi connectivity index (χ3v) is 3.29. The quantitative estimate of drug-likeness (QED) is 0.828. The lowest BCUT2D eigenvalue weighted by molar-refractivity contribution is 0.0977. The number of Topliss-reactive ketones (excluding diaryl/α,β-unsaturated/α-hetero) is 1. The van der Waals surface area contributed by atoms with Gasteiger partial charge in [0, 0.05) is 6.42 Å². The summed E-state index contributed by atoms with van der Waals surface area (Å²) in [6.07, 6.45) is 0.722. The van der Waals surface area contributed by atoms with Crippen molar-refractivity contribution < 1.29 is 19.7 Å². The summed E-state index contributed by atoms with van der Waals surface area (Å²) in [4.78, 5) is 12.2. The van der Waals surface area contributed by atoms with E-state index in [-0.39, 0.29) is 29.3 Å². The fourth-order valence-electron chi connectivity index (χ4n) is 2.25. The van der Waals surface area contributed by atoms with Gasteiger partial charge in [0.25, 0.3) is 0 Å². The minimum atomic E-state index is -0.284. The van der Waals surface area contributed by atoms with Gasteiger partial charge in [-0.2, -0.15) is 0 Å². The Morgan fingerprint density at radius 3 is 2.43 bits per heavy atom. The van der Waals surface area contributed by atoms with E-state index in [1.54, 1.807) is 14.0 Å². The van der Waals surface area contributed by atoms with E-state index < -0.39 is 0 Å². The summed E-state index contributed by atoms with van der Waals surface area (Å²) in [5.41, 5.74) is 1.66. The fraction of sp³-hybridized carbons (Fsp3) is 0.235. The Morgan fingerprint density at radius 1 is 1.14 bits per heavy atom. The number of ether oxygens (including phenoxy) is 1. The Bertz CT molecular complexity index is 639. The van der Waals surface area contributed by atoms with Gasteiger partial charge in [0.15, 0.2) is 5.78 Å². The summed E-state index contributed by atoms with van der Waals surface area (Å²) in [5, 5.41) is 19.6. The first-order valence-corrected chi connectivity index (χ1v) is 6.70. The molecule has 0 saturated heterocycles. The van der Waals surface area contributed by atoms with Crippen molar-refractivity contribution in [1.82, 2.24) is 0 Å². The maximum absolute atomic E-state index is 12.2. The Hall–Kier alpha value is -2.49. The SMILES string of the molecule is COc1cccc(CCC(=O)c2c(O)cc(C)cc2O)c1. The average Bonchev–Trinajstić information content (AvgIpc) is 2.44. The van der Waals surface area contributed by atoms with Gasteiger partial charge in [-0.3, -0.25) is 4.79 Å². The lowest BCUT2D eigenvalue weighted by Crippen LogP contribution is -2.02.